The Labute approximate surface area is 104 Å². The third kappa shape index (κ3) is 2.74. The first-order chi connectivity index (χ1) is 8.45. The van der Waals surface area contributed by atoms with Crippen molar-refractivity contribution >= 4 is 12.6 Å². The number of hydrogen-bond donors (Lipinski definition) is 2. The Morgan fingerprint density at radius 1 is 1.28 bits per heavy atom. The lowest BCUT2D eigenvalue weighted by Gasteiger charge is -2.06. The van der Waals surface area contributed by atoms with Crippen LogP contribution in [0.2, 0.25) is 0 Å². The van der Waals surface area contributed by atoms with Gasteiger partial charge in [0.2, 0.25) is 0 Å². The molecule has 0 amide bonds. The Morgan fingerprint density at radius 2 is 2.00 bits per heavy atom. The summed E-state index contributed by atoms with van der Waals surface area (Å²) in [5.74, 6) is 0.860. The number of halogens is 1. The first kappa shape index (κ1) is 12.7. The second-order valence-corrected chi connectivity index (χ2v) is 4.13. The van der Waals surface area contributed by atoms with Crippen LogP contribution in [0.15, 0.2) is 18.2 Å². The number of nitrogens with zero attached hydrogens (tertiary/aromatic N) is 3. The summed E-state index contributed by atoms with van der Waals surface area (Å²) in [6.07, 6.45) is 0. The van der Waals surface area contributed by atoms with Crippen LogP contribution in [0.3, 0.4) is 0 Å². The van der Waals surface area contributed by atoms with Crippen LogP contribution in [-0.4, -0.2) is 31.9 Å². The lowest BCUT2D eigenvalue weighted by atomic mass is 9.79. The fourth-order valence-corrected chi connectivity index (χ4v) is 1.80. The summed E-state index contributed by atoms with van der Waals surface area (Å²) in [5, 5.41) is 22.3. The second-order valence-electron chi connectivity index (χ2n) is 4.13. The molecule has 0 aliphatic heterocycles. The van der Waals surface area contributed by atoms with Crippen molar-refractivity contribution in [3.8, 4) is 0 Å². The standard InChI is InChI=1S/C11H13BFN3O2/c1-7-14-8(2)16(15-7)6-9-3-10(12(17)18)5-11(13)4-9/h3-5,17-18H,6H2,1-2H3. The van der Waals surface area contributed by atoms with Crippen LogP contribution in [0.5, 0.6) is 0 Å². The van der Waals surface area contributed by atoms with Gasteiger partial charge < -0.3 is 10.0 Å². The van der Waals surface area contributed by atoms with Crippen LogP contribution in [-0.2, 0) is 6.54 Å². The molecule has 0 bridgehead atoms. The lowest BCUT2D eigenvalue weighted by molar-refractivity contribution is 0.425. The fraction of sp³-hybridized carbons (Fsp3) is 0.273. The molecule has 0 atom stereocenters. The van der Waals surface area contributed by atoms with Crippen LogP contribution < -0.4 is 5.46 Å². The SMILES string of the molecule is Cc1nc(C)n(Cc2cc(F)cc(B(O)O)c2)n1. The zero-order valence-electron chi connectivity index (χ0n) is 10.1. The highest BCUT2D eigenvalue weighted by Crippen LogP contribution is 2.06. The molecule has 0 radical (unpaired) electrons. The van der Waals surface area contributed by atoms with E-state index >= 15 is 0 Å². The van der Waals surface area contributed by atoms with Crippen LogP contribution in [0, 0.1) is 19.7 Å². The van der Waals surface area contributed by atoms with Crippen LogP contribution in [0.4, 0.5) is 4.39 Å². The topological polar surface area (TPSA) is 71.2 Å². The molecule has 0 aliphatic rings. The number of hydrogen-bond acceptors (Lipinski definition) is 4. The van der Waals surface area contributed by atoms with Crippen molar-refractivity contribution in [2.24, 2.45) is 0 Å². The van der Waals surface area contributed by atoms with Gasteiger partial charge in [0.25, 0.3) is 0 Å². The predicted octanol–water partition coefficient (Wildman–Crippen LogP) is -0.238. The number of rotatable bonds is 3. The van der Waals surface area contributed by atoms with E-state index in [1.165, 1.54) is 12.1 Å². The molecule has 2 aromatic rings. The van der Waals surface area contributed by atoms with Crippen LogP contribution in [0.25, 0.3) is 0 Å². The smallest absolute Gasteiger partial charge is 0.423 e. The molecule has 2 N–H and O–H groups in total. The first-order valence-electron chi connectivity index (χ1n) is 5.49. The maximum absolute atomic E-state index is 13.3. The molecular weight excluding hydrogens is 236 g/mol. The Balaban J connectivity index is 2.31. The molecule has 18 heavy (non-hydrogen) atoms. The van der Waals surface area contributed by atoms with E-state index in [2.05, 4.69) is 10.1 Å². The third-order valence-electron chi connectivity index (χ3n) is 2.57. The van der Waals surface area contributed by atoms with Gasteiger partial charge in [0.15, 0.2) is 0 Å². The van der Waals surface area contributed by atoms with Crippen molar-refractivity contribution in [1.82, 2.24) is 14.8 Å². The molecule has 0 saturated carbocycles. The summed E-state index contributed by atoms with van der Waals surface area (Å²) in [7, 11) is -1.68. The van der Waals surface area contributed by atoms with Gasteiger partial charge in [-0.15, -0.1) is 0 Å². The predicted molar refractivity (Wildman–Crippen MR) is 64.8 cm³/mol. The van der Waals surface area contributed by atoms with E-state index in [9.17, 15) is 4.39 Å². The Kier molecular flexibility index (Phi) is 3.44. The highest BCUT2D eigenvalue weighted by Gasteiger charge is 2.14. The molecule has 1 aromatic heterocycles. The highest BCUT2D eigenvalue weighted by molar-refractivity contribution is 6.58. The van der Waals surface area contributed by atoms with E-state index in [1.54, 1.807) is 18.5 Å². The summed E-state index contributed by atoms with van der Waals surface area (Å²) >= 11 is 0. The van der Waals surface area contributed by atoms with Gasteiger partial charge in [-0.25, -0.2) is 14.1 Å². The fourth-order valence-electron chi connectivity index (χ4n) is 1.80. The monoisotopic (exact) mass is 249 g/mol. The molecule has 0 aliphatic carbocycles. The minimum atomic E-state index is -1.68. The first-order valence-corrected chi connectivity index (χ1v) is 5.49. The van der Waals surface area contributed by atoms with E-state index < -0.39 is 12.9 Å². The number of aromatic nitrogens is 3. The van der Waals surface area contributed by atoms with Gasteiger partial charge in [-0.1, -0.05) is 6.07 Å². The largest absolute Gasteiger partial charge is 0.488 e. The summed E-state index contributed by atoms with van der Waals surface area (Å²) in [6, 6.07) is 3.96. The molecular formula is C11H13BFN3O2. The minimum absolute atomic E-state index is 0.125. The average molecular weight is 249 g/mol. The minimum Gasteiger partial charge on any atom is -0.423 e. The number of benzene rings is 1. The van der Waals surface area contributed by atoms with Crippen molar-refractivity contribution in [3.63, 3.8) is 0 Å². The second kappa shape index (κ2) is 4.87. The van der Waals surface area contributed by atoms with E-state index in [-0.39, 0.29) is 5.46 Å². The quantitative estimate of drug-likeness (QED) is 0.736. The molecule has 2 rings (SSSR count). The van der Waals surface area contributed by atoms with Gasteiger partial charge in [0.1, 0.15) is 17.5 Å². The van der Waals surface area contributed by atoms with E-state index in [1.807, 2.05) is 0 Å². The zero-order valence-corrected chi connectivity index (χ0v) is 10.1. The van der Waals surface area contributed by atoms with Crippen molar-refractivity contribution in [1.29, 1.82) is 0 Å². The van der Waals surface area contributed by atoms with Gasteiger partial charge in [0, 0.05) is 0 Å². The molecule has 5 nitrogen and oxygen atoms in total. The molecule has 94 valence electrons. The molecule has 0 fully saturated rings. The Hall–Kier alpha value is -1.73. The maximum atomic E-state index is 13.3. The molecule has 0 unspecified atom stereocenters. The van der Waals surface area contributed by atoms with Gasteiger partial charge >= 0.3 is 7.12 Å². The summed E-state index contributed by atoms with van der Waals surface area (Å²) in [4.78, 5) is 4.15. The van der Waals surface area contributed by atoms with Gasteiger partial charge in [-0.05, 0) is 37.0 Å². The van der Waals surface area contributed by atoms with E-state index in [0.29, 0.717) is 17.9 Å². The van der Waals surface area contributed by atoms with Gasteiger partial charge in [0.05, 0.1) is 6.54 Å². The highest BCUT2D eigenvalue weighted by atomic mass is 19.1. The zero-order chi connectivity index (χ0) is 13.3. The van der Waals surface area contributed by atoms with Crippen molar-refractivity contribution in [2.75, 3.05) is 0 Å². The van der Waals surface area contributed by atoms with E-state index in [0.717, 1.165) is 11.9 Å². The third-order valence-corrected chi connectivity index (χ3v) is 2.57. The van der Waals surface area contributed by atoms with Crippen molar-refractivity contribution in [3.05, 3.63) is 41.2 Å². The van der Waals surface area contributed by atoms with Gasteiger partial charge in [-0.2, -0.15) is 5.10 Å². The summed E-state index contributed by atoms with van der Waals surface area (Å²) in [6.45, 7) is 3.92. The summed E-state index contributed by atoms with van der Waals surface area (Å²) < 4.78 is 15.0. The molecule has 0 saturated heterocycles. The average Bonchev–Trinajstić information content (AvgIpc) is 2.56. The van der Waals surface area contributed by atoms with Crippen molar-refractivity contribution < 1.29 is 14.4 Å². The van der Waals surface area contributed by atoms with Crippen molar-refractivity contribution in [2.45, 2.75) is 20.4 Å². The maximum Gasteiger partial charge on any atom is 0.488 e. The van der Waals surface area contributed by atoms with Crippen LogP contribution >= 0.6 is 0 Å². The molecule has 0 spiro atoms. The molecule has 1 aromatic carbocycles. The molecule has 1 heterocycles. The Morgan fingerprint density at radius 3 is 2.56 bits per heavy atom. The van der Waals surface area contributed by atoms with Crippen LogP contribution in [0.1, 0.15) is 17.2 Å². The summed E-state index contributed by atoms with van der Waals surface area (Å²) in [5.41, 5.74) is 0.727. The lowest BCUT2D eigenvalue weighted by Crippen LogP contribution is -2.30. The normalized spacial score (nSPS) is 10.7. The van der Waals surface area contributed by atoms with Gasteiger partial charge in [-0.3, -0.25) is 0 Å². The Bertz CT molecular complexity index is 571. The molecule has 7 heteroatoms. The van der Waals surface area contributed by atoms with E-state index in [4.69, 9.17) is 10.0 Å². The number of aryl methyl sites for hydroxylation is 2.